The van der Waals surface area contributed by atoms with E-state index in [2.05, 4.69) is 20.7 Å². The minimum Gasteiger partial charge on any atom is -0.324 e. The molecule has 104 valence electrons. The van der Waals surface area contributed by atoms with Gasteiger partial charge in [0, 0.05) is 6.42 Å². The van der Waals surface area contributed by atoms with E-state index in [-0.39, 0.29) is 5.91 Å². The molecule has 0 saturated carbocycles. The van der Waals surface area contributed by atoms with Gasteiger partial charge in [-0.2, -0.15) is 5.10 Å². The Morgan fingerprint density at radius 3 is 3.10 bits per heavy atom. The first-order valence-corrected chi connectivity index (χ1v) is 6.77. The number of aromatic nitrogens is 3. The van der Waals surface area contributed by atoms with Gasteiger partial charge in [0.05, 0.1) is 11.4 Å². The molecular weight excluding hydrogens is 254 g/mol. The molecule has 1 saturated heterocycles. The summed E-state index contributed by atoms with van der Waals surface area (Å²) >= 11 is 0. The van der Waals surface area contributed by atoms with Crippen LogP contribution in [0.5, 0.6) is 0 Å². The lowest BCUT2D eigenvalue weighted by Gasteiger charge is -2.12. The van der Waals surface area contributed by atoms with Crippen LogP contribution in [0.2, 0.25) is 0 Å². The molecule has 1 fully saturated rings. The summed E-state index contributed by atoms with van der Waals surface area (Å²) < 4.78 is 1.65. The molecule has 1 unspecified atom stereocenters. The second-order valence-corrected chi connectivity index (χ2v) is 4.97. The van der Waals surface area contributed by atoms with Gasteiger partial charge < -0.3 is 10.6 Å². The monoisotopic (exact) mass is 271 g/mol. The molecule has 20 heavy (non-hydrogen) atoms. The SMILES string of the molecule is O=C(CC1CCNC1)Nc1ccccc1-n1cncn1. The molecule has 0 aliphatic carbocycles. The average Bonchev–Trinajstić information content (AvgIpc) is 3.11. The van der Waals surface area contributed by atoms with Crippen molar-refractivity contribution in [1.82, 2.24) is 20.1 Å². The number of carbonyl (C=O) groups is 1. The third-order valence-electron chi connectivity index (χ3n) is 3.48. The fraction of sp³-hybridized carbons (Fsp3) is 0.357. The second-order valence-electron chi connectivity index (χ2n) is 4.97. The molecule has 1 aliphatic rings. The van der Waals surface area contributed by atoms with E-state index in [1.165, 1.54) is 6.33 Å². The van der Waals surface area contributed by atoms with Crippen LogP contribution in [0.4, 0.5) is 5.69 Å². The Labute approximate surface area is 117 Å². The maximum absolute atomic E-state index is 12.1. The average molecular weight is 271 g/mol. The molecule has 0 spiro atoms. The van der Waals surface area contributed by atoms with Crippen LogP contribution in [-0.2, 0) is 4.79 Å². The molecule has 2 heterocycles. The van der Waals surface area contributed by atoms with Gasteiger partial charge >= 0.3 is 0 Å². The minimum absolute atomic E-state index is 0.0475. The van der Waals surface area contributed by atoms with Gasteiger partial charge in [0.2, 0.25) is 5.91 Å². The molecule has 6 nitrogen and oxygen atoms in total. The standard InChI is InChI=1S/C14H17N5O/c20-14(7-11-5-6-15-8-11)18-12-3-1-2-4-13(12)19-10-16-9-17-19/h1-4,9-11,15H,5-8H2,(H,18,20). The van der Waals surface area contributed by atoms with E-state index in [4.69, 9.17) is 0 Å². The maximum Gasteiger partial charge on any atom is 0.224 e. The summed E-state index contributed by atoms with van der Waals surface area (Å²) in [5.74, 6) is 0.486. The summed E-state index contributed by atoms with van der Waals surface area (Å²) in [5, 5.41) is 10.3. The first-order valence-electron chi connectivity index (χ1n) is 6.77. The van der Waals surface area contributed by atoms with Gasteiger partial charge in [-0.1, -0.05) is 12.1 Å². The summed E-state index contributed by atoms with van der Waals surface area (Å²) in [6, 6.07) is 7.59. The molecule has 1 aliphatic heterocycles. The molecule has 1 aromatic heterocycles. The van der Waals surface area contributed by atoms with Crippen LogP contribution in [0, 0.1) is 5.92 Å². The van der Waals surface area contributed by atoms with Crippen molar-refractivity contribution in [3.05, 3.63) is 36.9 Å². The van der Waals surface area contributed by atoms with E-state index >= 15 is 0 Å². The number of benzene rings is 1. The highest BCUT2D eigenvalue weighted by atomic mass is 16.1. The number of anilines is 1. The van der Waals surface area contributed by atoms with Gasteiger partial charge in [-0.3, -0.25) is 4.79 Å². The van der Waals surface area contributed by atoms with Crippen molar-refractivity contribution in [2.75, 3.05) is 18.4 Å². The van der Waals surface area contributed by atoms with Crippen LogP contribution in [0.3, 0.4) is 0 Å². The van der Waals surface area contributed by atoms with Crippen molar-refractivity contribution < 1.29 is 4.79 Å². The number of nitrogens with zero attached hydrogens (tertiary/aromatic N) is 3. The maximum atomic E-state index is 12.1. The zero-order valence-electron chi connectivity index (χ0n) is 11.1. The largest absolute Gasteiger partial charge is 0.324 e. The third-order valence-corrected chi connectivity index (χ3v) is 3.48. The number of rotatable bonds is 4. The Bertz CT molecular complexity index is 575. The Morgan fingerprint density at radius 2 is 2.35 bits per heavy atom. The van der Waals surface area contributed by atoms with Crippen molar-refractivity contribution in [3.8, 4) is 5.69 Å². The first-order chi connectivity index (χ1) is 9.83. The van der Waals surface area contributed by atoms with Crippen LogP contribution >= 0.6 is 0 Å². The van der Waals surface area contributed by atoms with Gasteiger partial charge in [-0.25, -0.2) is 9.67 Å². The van der Waals surface area contributed by atoms with E-state index in [0.29, 0.717) is 12.3 Å². The highest BCUT2D eigenvalue weighted by Crippen LogP contribution is 2.20. The predicted octanol–water partition coefficient (Wildman–Crippen LogP) is 1.21. The highest BCUT2D eigenvalue weighted by molar-refractivity contribution is 5.92. The van der Waals surface area contributed by atoms with E-state index < -0.39 is 0 Å². The van der Waals surface area contributed by atoms with Crippen molar-refractivity contribution in [3.63, 3.8) is 0 Å². The Balaban J connectivity index is 1.72. The summed E-state index contributed by atoms with van der Waals surface area (Å²) in [7, 11) is 0. The van der Waals surface area contributed by atoms with Gasteiger partial charge in [0.25, 0.3) is 0 Å². The van der Waals surface area contributed by atoms with Gasteiger partial charge in [0.1, 0.15) is 12.7 Å². The van der Waals surface area contributed by atoms with Crippen LogP contribution in [0.1, 0.15) is 12.8 Å². The van der Waals surface area contributed by atoms with Crippen molar-refractivity contribution >= 4 is 11.6 Å². The zero-order valence-corrected chi connectivity index (χ0v) is 11.1. The van der Waals surface area contributed by atoms with Crippen LogP contribution in [-0.4, -0.2) is 33.8 Å². The summed E-state index contributed by atoms with van der Waals surface area (Å²) in [4.78, 5) is 16.0. The topological polar surface area (TPSA) is 71.8 Å². The summed E-state index contributed by atoms with van der Waals surface area (Å²) in [5.41, 5.74) is 1.58. The lowest BCUT2D eigenvalue weighted by atomic mass is 10.0. The van der Waals surface area contributed by atoms with E-state index in [9.17, 15) is 4.79 Å². The second kappa shape index (κ2) is 5.83. The number of hydrogen-bond acceptors (Lipinski definition) is 4. The Hall–Kier alpha value is -2.21. The quantitative estimate of drug-likeness (QED) is 0.876. The Morgan fingerprint density at radius 1 is 1.45 bits per heavy atom. The molecule has 1 amide bonds. The van der Waals surface area contributed by atoms with Crippen LogP contribution in [0.15, 0.2) is 36.9 Å². The number of nitrogens with one attached hydrogen (secondary N) is 2. The normalized spacial score (nSPS) is 18.1. The van der Waals surface area contributed by atoms with E-state index in [0.717, 1.165) is 30.9 Å². The number of amides is 1. The fourth-order valence-electron chi connectivity index (χ4n) is 2.46. The Kier molecular flexibility index (Phi) is 3.73. The van der Waals surface area contributed by atoms with Gasteiger partial charge in [-0.15, -0.1) is 0 Å². The zero-order chi connectivity index (χ0) is 13.8. The molecule has 0 bridgehead atoms. The first kappa shape index (κ1) is 12.8. The van der Waals surface area contributed by atoms with Gasteiger partial charge in [0.15, 0.2) is 0 Å². The third kappa shape index (κ3) is 2.85. The van der Waals surface area contributed by atoms with Crippen molar-refractivity contribution in [1.29, 1.82) is 0 Å². The highest BCUT2D eigenvalue weighted by Gasteiger charge is 2.18. The summed E-state index contributed by atoms with van der Waals surface area (Å²) in [6.07, 6.45) is 4.71. The van der Waals surface area contributed by atoms with Crippen molar-refractivity contribution in [2.24, 2.45) is 5.92 Å². The molecule has 6 heteroatoms. The lowest BCUT2D eigenvalue weighted by Crippen LogP contribution is -2.19. The van der Waals surface area contributed by atoms with E-state index in [1.54, 1.807) is 11.0 Å². The number of hydrogen-bond donors (Lipinski definition) is 2. The molecule has 3 rings (SSSR count). The molecule has 2 N–H and O–H groups in total. The molecule has 0 radical (unpaired) electrons. The smallest absolute Gasteiger partial charge is 0.224 e. The number of para-hydroxylation sites is 2. The predicted molar refractivity (Wildman–Crippen MR) is 75.6 cm³/mol. The molecule has 2 aromatic rings. The molecule has 1 atom stereocenters. The molecular formula is C14H17N5O. The van der Waals surface area contributed by atoms with Gasteiger partial charge in [-0.05, 0) is 37.6 Å². The van der Waals surface area contributed by atoms with E-state index in [1.807, 2.05) is 24.3 Å². The molecule has 1 aromatic carbocycles. The van der Waals surface area contributed by atoms with Crippen LogP contribution in [0.25, 0.3) is 5.69 Å². The van der Waals surface area contributed by atoms with Crippen LogP contribution < -0.4 is 10.6 Å². The fourth-order valence-corrected chi connectivity index (χ4v) is 2.46. The van der Waals surface area contributed by atoms with Crippen molar-refractivity contribution in [2.45, 2.75) is 12.8 Å². The lowest BCUT2D eigenvalue weighted by molar-refractivity contribution is -0.116. The minimum atomic E-state index is 0.0475. The summed E-state index contributed by atoms with van der Waals surface area (Å²) in [6.45, 7) is 1.94. The number of carbonyl (C=O) groups excluding carboxylic acids is 1.